The fourth-order valence-corrected chi connectivity index (χ4v) is 6.27. The average molecular weight is 498 g/mol. The van der Waals surface area contributed by atoms with Crippen LogP contribution in [0, 0.1) is 5.92 Å². The molecule has 0 saturated heterocycles. The van der Waals surface area contributed by atoms with Gasteiger partial charge >= 0.3 is 0 Å². The van der Waals surface area contributed by atoms with Crippen molar-refractivity contribution in [2.24, 2.45) is 10.9 Å². The Bertz CT molecular complexity index is 1480. The van der Waals surface area contributed by atoms with Gasteiger partial charge in [0, 0.05) is 31.1 Å². The fourth-order valence-electron chi connectivity index (χ4n) is 5.00. The van der Waals surface area contributed by atoms with Crippen molar-refractivity contribution >= 4 is 45.2 Å². The largest absolute Gasteiger partial charge is 0.487 e. The van der Waals surface area contributed by atoms with E-state index in [1.165, 1.54) is 10.4 Å². The highest BCUT2D eigenvalue weighted by molar-refractivity contribution is 7.19. The molecule has 2 aliphatic rings. The molecular formula is C28H27N5O2S. The third-order valence-electron chi connectivity index (χ3n) is 6.86. The van der Waals surface area contributed by atoms with Crippen molar-refractivity contribution in [3.63, 3.8) is 0 Å². The summed E-state index contributed by atoms with van der Waals surface area (Å²) in [6.07, 6.45) is 5.95. The maximum absolute atomic E-state index is 12.6. The Balaban J connectivity index is 1.34. The van der Waals surface area contributed by atoms with Gasteiger partial charge in [0.1, 0.15) is 29.3 Å². The van der Waals surface area contributed by atoms with Crippen LogP contribution in [-0.4, -0.2) is 41.1 Å². The zero-order chi connectivity index (χ0) is 24.6. The Labute approximate surface area is 213 Å². The molecule has 2 aromatic carbocycles. The summed E-state index contributed by atoms with van der Waals surface area (Å²) < 4.78 is 6.29. The minimum atomic E-state index is 0.0268. The number of rotatable bonds is 6. The predicted octanol–water partition coefficient (Wildman–Crippen LogP) is 5.14. The molecule has 0 saturated carbocycles. The molecule has 182 valence electrons. The van der Waals surface area contributed by atoms with Gasteiger partial charge in [0.25, 0.3) is 0 Å². The van der Waals surface area contributed by atoms with Gasteiger partial charge in [-0.25, -0.2) is 9.97 Å². The normalized spacial score (nSPS) is 16.0. The number of nitrogens with zero attached hydrogens (tertiary/aromatic N) is 4. The van der Waals surface area contributed by atoms with E-state index in [9.17, 15) is 4.79 Å². The van der Waals surface area contributed by atoms with E-state index in [0.29, 0.717) is 13.2 Å². The maximum atomic E-state index is 12.6. The number of nitrogens with one attached hydrogen (secondary N) is 1. The summed E-state index contributed by atoms with van der Waals surface area (Å²) in [5, 5.41) is 4.62. The smallest absolute Gasteiger partial charge is 0.225 e. The number of fused-ring (bicyclic) bond motifs is 4. The van der Waals surface area contributed by atoms with Crippen LogP contribution >= 0.6 is 11.3 Å². The molecule has 0 bridgehead atoms. The molecule has 0 spiro atoms. The first-order valence-electron chi connectivity index (χ1n) is 12.1. The van der Waals surface area contributed by atoms with Crippen molar-refractivity contribution in [1.82, 2.24) is 14.9 Å². The molecule has 7 nitrogen and oxygen atoms in total. The van der Waals surface area contributed by atoms with Crippen LogP contribution in [0.25, 0.3) is 10.2 Å². The van der Waals surface area contributed by atoms with Crippen molar-refractivity contribution in [3.8, 4) is 5.75 Å². The predicted molar refractivity (Wildman–Crippen MR) is 143 cm³/mol. The fraction of sp³-hybridized carbons (Fsp3) is 0.286. The third kappa shape index (κ3) is 4.22. The average Bonchev–Trinajstić information content (AvgIpc) is 3.51. The second-order valence-corrected chi connectivity index (χ2v) is 10.6. The van der Waals surface area contributed by atoms with Crippen LogP contribution < -0.4 is 10.1 Å². The minimum absolute atomic E-state index is 0.0268. The van der Waals surface area contributed by atoms with Crippen LogP contribution in [0.1, 0.15) is 33.6 Å². The lowest BCUT2D eigenvalue weighted by molar-refractivity contribution is -0.133. The number of amides is 1. The second-order valence-electron chi connectivity index (χ2n) is 9.49. The SMILES string of the molecule is CN(C)C(=O)C1CCc2c(sc3ncnc(Nc4cc5c(cc4OCc4ccccc4)CN=C5)c23)C1. The highest BCUT2D eigenvalue weighted by Gasteiger charge is 2.30. The highest BCUT2D eigenvalue weighted by Crippen LogP contribution is 2.42. The van der Waals surface area contributed by atoms with E-state index >= 15 is 0 Å². The third-order valence-corrected chi connectivity index (χ3v) is 8.02. The number of hydrogen-bond acceptors (Lipinski definition) is 7. The number of aliphatic imine (C=N–C) groups is 1. The number of thiophene rings is 1. The summed E-state index contributed by atoms with van der Waals surface area (Å²) in [6.45, 7) is 1.14. The zero-order valence-electron chi connectivity index (χ0n) is 20.3. The van der Waals surface area contributed by atoms with E-state index in [4.69, 9.17) is 4.74 Å². The van der Waals surface area contributed by atoms with Gasteiger partial charge in [-0.3, -0.25) is 9.79 Å². The Morgan fingerprint density at radius 1 is 1.19 bits per heavy atom. The number of carbonyl (C=O) groups excluding carboxylic acids is 1. The number of benzene rings is 2. The standard InChI is InChI=1S/C28H27N5O2S/c1-33(2)28(34)18-8-9-21-24(12-18)36-27-25(21)26(30-16-31-27)32-22-10-19-13-29-14-20(19)11-23(22)35-15-17-6-4-3-5-7-17/h3-7,10-11,13,16,18H,8-9,12,14-15H2,1-2H3,(H,30,31,32). The molecule has 1 N–H and O–H groups in total. The molecular weight excluding hydrogens is 470 g/mol. The number of ether oxygens (including phenoxy) is 1. The number of carbonyl (C=O) groups is 1. The summed E-state index contributed by atoms with van der Waals surface area (Å²) in [7, 11) is 3.66. The first-order valence-corrected chi connectivity index (χ1v) is 13.0. The van der Waals surface area contributed by atoms with Gasteiger partial charge < -0.3 is 15.0 Å². The van der Waals surface area contributed by atoms with Crippen LogP contribution in [0.4, 0.5) is 11.5 Å². The van der Waals surface area contributed by atoms with Gasteiger partial charge in [-0.05, 0) is 53.6 Å². The van der Waals surface area contributed by atoms with Gasteiger partial charge in [-0.2, -0.15) is 0 Å². The zero-order valence-corrected chi connectivity index (χ0v) is 21.1. The van der Waals surface area contributed by atoms with E-state index in [1.807, 2.05) is 38.5 Å². The van der Waals surface area contributed by atoms with Crippen molar-refractivity contribution in [2.45, 2.75) is 32.4 Å². The lowest BCUT2D eigenvalue weighted by atomic mass is 9.87. The quantitative estimate of drug-likeness (QED) is 0.399. The number of aryl methyl sites for hydroxylation is 1. The Morgan fingerprint density at radius 3 is 2.89 bits per heavy atom. The Hall–Kier alpha value is -3.78. The lowest BCUT2D eigenvalue weighted by Crippen LogP contribution is -2.32. The van der Waals surface area contributed by atoms with Crippen LogP contribution in [0.15, 0.2) is 53.8 Å². The summed E-state index contributed by atoms with van der Waals surface area (Å²) in [5.41, 5.74) is 5.47. The van der Waals surface area contributed by atoms with Gasteiger partial charge in [-0.1, -0.05) is 30.3 Å². The monoisotopic (exact) mass is 497 g/mol. The van der Waals surface area contributed by atoms with E-state index in [2.05, 4.69) is 44.5 Å². The lowest BCUT2D eigenvalue weighted by Gasteiger charge is -2.24. The van der Waals surface area contributed by atoms with Gasteiger partial charge in [0.2, 0.25) is 5.91 Å². The summed E-state index contributed by atoms with van der Waals surface area (Å²) >= 11 is 1.67. The highest BCUT2D eigenvalue weighted by atomic mass is 32.1. The van der Waals surface area contributed by atoms with E-state index < -0.39 is 0 Å². The van der Waals surface area contributed by atoms with E-state index in [0.717, 1.165) is 63.4 Å². The van der Waals surface area contributed by atoms with E-state index in [1.54, 1.807) is 22.6 Å². The minimum Gasteiger partial charge on any atom is -0.487 e. The van der Waals surface area contributed by atoms with Gasteiger partial charge in [0.15, 0.2) is 0 Å². The molecule has 36 heavy (non-hydrogen) atoms. The van der Waals surface area contributed by atoms with Crippen LogP contribution in [0.5, 0.6) is 5.75 Å². The molecule has 2 aromatic heterocycles. The maximum Gasteiger partial charge on any atom is 0.225 e. The van der Waals surface area contributed by atoms with E-state index in [-0.39, 0.29) is 11.8 Å². The first-order chi connectivity index (χ1) is 17.6. The molecule has 1 unspecified atom stereocenters. The second kappa shape index (κ2) is 9.35. The molecule has 1 aliphatic heterocycles. The number of aromatic nitrogens is 2. The molecule has 4 aromatic rings. The topological polar surface area (TPSA) is 79.7 Å². The summed E-state index contributed by atoms with van der Waals surface area (Å²) in [4.78, 5) is 30.1. The Kier molecular flexibility index (Phi) is 5.89. The van der Waals surface area contributed by atoms with Crippen molar-refractivity contribution in [1.29, 1.82) is 0 Å². The molecule has 8 heteroatoms. The number of anilines is 2. The molecule has 1 amide bonds. The summed E-state index contributed by atoms with van der Waals surface area (Å²) in [5.74, 6) is 1.77. The van der Waals surface area contributed by atoms with Crippen LogP contribution in [0.3, 0.4) is 0 Å². The van der Waals surface area contributed by atoms with Crippen molar-refractivity contribution in [3.05, 3.63) is 75.9 Å². The van der Waals surface area contributed by atoms with Gasteiger partial charge in [0.05, 0.1) is 17.6 Å². The van der Waals surface area contributed by atoms with Crippen LogP contribution in [0.2, 0.25) is 0 Å². The summed E-state index contributed by atoms with van der Waals surface area (Å²) in [6, 6.07) is 14.3. The molecule has 1 aliphatic carbocycles. The number of hydrogen-bond donors (Lipinski definition) is 1. The molecule has 1 atom stereocenters. The van der Waals surface area contributed by atoms with Crippen molar-refractivity contribution in [2.75, 3.05) is 19.4 Å². The van der Waals surface area contributed by atoms with Gasteiger partial charge in [-0.15, -0.1) is 11.3 Å². The molecule has 6 rings (SSSR count). The molecule has 0 radical (unpaired) electrons. The Morgan fingerprint density at radius 2 is 2.06 bits per heavy atom. The molecule has 0 fully saturated rings. The molecule has 3 heterocycles. The van der Waals surface area contributed by atoms with Crippen LogP contribution in [-0.2, 0) is 30.8 Å². The van der Waals surface area contributed by atoms with Crippen molar-refractivity contribution < 1.29 is 9.53 Å². The first kappa shape index (κ1) is 22.7.